The lowest BCUT2D eigenvalue weighted by atomic mass is 10.1. The summed E-state index contributed by atoms with van der Waals surface area (Å²) in [6.07, 6.45) is 3.35. The van der Waals surface area contributed by atoms with Crippen LogP contribution in [0.15, 0.2) is 24.3 Å². The van der Waals surface area contributed by atoms with Crippen LogP contribution in [0.3, 0.4) is 0 Å². The number of methoxy groups -OCH3 is 1. The van der Waals surface area contributed by atoms with Gasteiger partial charge in [0.1, 0.15) is 0 Å². The van der Waals surface area contributed by atoms with Crippen molar-refractivity contribution < 1.29 is 14.3 Å². The third-order valence-corrected chi connectivity index (χ3v) is 3.20. The van der Waals surface area contributed by atoms with Crippen LogP contribution < -0.4 is 0 Å². The van der Waals surface area contributed by atoms with Crippen LogP contribution in [0.2, 0.25) is 0 Å². The lowest BCUT2D eigenvalue weighted by Crippen LogP contribution is -2.35. The molecule has 4 nitrogen and oxygen atoms in total. The molecule has 18 heavy (non-hydrogen) atoms. The number of piperidine rings is 1. The van der Waals surface area contributed by atoms with E-state index in [0.29, 0.717) is 11.1 Å². The molecule has 0 saturated carbocycles. The molecule has 1 aromatic carbocycles. The molecule has 1 aliphatic heterocycles. The highest BCUT2D eigenvalue weighted by molar-refractivity contribution is 5.96. The van der Waals surface area contributed by atoms with Gasteiger partial charge in [0.2, 0.25) is 0 Å². The summed E-state index contributed by atoms with van der Waals surface area (Å²) in [6, 6.07) is 6.62. The number of nitrogens with zero attached hydrogens (tertiary/aromatic N) is 1. The maximum absolute atomic E-state index is 12.2. The van der Waals surface area contributed by atoms with Gasteiger partial charge >= 0.3 is 5.97 Å². The molecular weight excluding hydrogens is 230 g/mol. The number of ether oxygens (including phenoxy) is 1. The second-order valence-corrected chi connectivity index (χ2v) is 4.42. The van der Waals surface area contributed by atoms with Gasteiger partial charge in [0.05, 0.1) is 12.7 Å². The third kappa shape index (κ3) is 2.70. The van der Waals surface area contributed by atoms with Crippen molar-refractivity contribution in [3.63, 3.8) is 0 Å². The minimum absolute atomic E-state index is 0.0473. The normalized spacial score (nSPS) is 15.3. The first-order valence-corrected chi connectivity index (χ1v) is 6.20. The van der Waals surface area contributed by atoms with E-state index in [-0.39, 0.29) is 11.9 Å². The topological polar surface area (TPSA) is 46.6 Å². The first kappa shape index (κ1) is 12.6. The molecule has 1 fully saturated rings. The summed E-state index contributed by atoms with van der Waals surface area (Å²) in [7, 11) is 1.34. The molecule has 0 atom stereocenters. The highest BCUT2D eigenvalue weighted by Gasteiger charge is 2.18. The molecule has 0 aromatic heterocycles. The molecular formula is C14H17NO3. The number of likely N-dealkylation sites (tertiary alicyclic amines) is 1. The zero-order valence-corrected chi connectivity index (χ0v) is 10.5. The summed E-state index contributed by atoms with van der Waals surface area (Å²) in [5.74, 6) is -0.335. The first-order chi connectivity index (χ1) is 8.72. The van der Waals surface area contributed by atoms with Crippen molar-refractivity contribution in [2.24, 2.45) is 0 Å². The molecule has 0 spiro atoms. The Hall–Kier alpha value is -1.84. The van der Waals surface area contributed by atoms with Crippen LogP contribution in [0.5, 0.6) is 0 Å². The van der Waals surface area contributed by atoms with Gasteiger partial charge in [0, 0.05) is 18.7 Å². The van der Waals surface area contributed by atoms with E-state index >= 15 is 0 Å². The van der Waals surface area contributed by atoms with Gasteiger partial charge in [-0.2, -0.15) is 0 Å². The maximum atomic E-state index is 12.2. The Morgan fingerprint density at radius 3 is 2.11 bits per heavy atom. The molecule has 4 heteroatoms. The Kier molecular flexibility index (Phi) is 3.97. The maximum Gasteiger partial charge on any atom is 0.337 e. The summed E-state index contributed by atoms with van der Waals surface area (Å²) in [6.45, 7) is 1.66. The number of carbonyl (C=O) groups excluding carboxylic acids is 2. The Balaban J connectivity index is 2.08. The van der Waals surface area contributed by atoms with Gasteiger partial charge in [0.15, 0.2) is 0 Å². The highest BCUT2D eigenvalue weighted by atomic mass is 16.5. The Labute approximate surface area is 107 Å². The van der Waals surface area contributed by atoms with Crippen molar-refractivity contribution in [2.45, 2.75) is 19.3 Å². The number of hydrogen-bond donors (Lipinski definition) is 0. The standard InChI is InChI=1S/C14H17NO3/c1-18-14(17)12-7-5-11(6-8-12)13(16)15-9-3-2-4-10-15/h5-8H,2-4,9-10H2,1H3. The van der Waals surface area contributed by atoms with Crippen LogP contribution >= 0.6 is 0 Å². The molecule has 0 radical (unpaired) electrons. The average molecular weight is 247 g/mol. The van der Waals surface area contributed by atoms with Crippen molar-refractivity contribution in [1.82, 2.24) is 4.90 Å². The van der Waals surface area contributed by atoms with Gasteiger partial charge in [-0.25, -0.2) is 4.79 Å². The molecule has 1 aliphatic rings. The molecule has 1 aromatic rings. The summed E-state index contributed by atoms with van der Waals surface area (Å²) < 4.78 is 4.62. The minimum atomic E-state index is -0.382. The smallest absolute Gasteiger partial charge is 0.337 e. The zero-order valence-electron chi connectivity index (χ0n) is 10.5. The van der Waals surface area contributed by atoms with E-state index in [1.54, 1.807) is 24.3 Å². The molecule has 0 N–H and O–H groups in total. The Bertz CT molecular complexity index is 433. The summed E-state index contributed by atoms with van der Waals surface area (Å²) in [5, 5.41) is 0. The van der Waals surface area contributed by atoms with Crippen molar-refractivity contribution in [3.8, 4) is 0 Å². The van der Waals surface area contributed by atoms with E-state index < -0.39 is 0 Å². The van der Waals surface area contributed by atoms with Gasteiger partial charge in [-0.05, 0) is 43.5 Å². The Morgan fingerprint density at radius 1 is 1.00 bits per heavy atom. The average Bonchev–Trinajstić information content (AvgIpc) is 2.47. The second kappa shape index (κ2) is 5.67. The van der Waals surface area contributed by atoms with Gasteiger partial charge in [-0.15, -0.1) is 0 Å². The van der Waals surface area contributed by atoms with Crippen LogP contribution in [0, 0.1) is 0 Å². The first-order valence-electron chi connectivity index (χ1n) is 6.20. The van der Waals surface area contributed by atoms with E-state index in [9.17, 15) is 9.59 Å². The van der Waals surface area contributed by atoms with Gasteiger partial charge in [0.25, 0.3) is 5.91 Å². The summed E-state index contributed by atoms with van der Waals surface area (Å²) in [4.78, 5) is 25.3. The van der Waals surface area contributed by atoms with Crippen LogP contribution in [-0.4, -0.2) is 37.0 Å². The lowest BCUT2D eigenvalue weighted by Gasteiger charge is -2.26. The molecule has 0 unspecified atom stereocenters. The molecule has 1 saturated heterocycles. The van der Waals surface area contributed by atoms with Crippen LogP contribution in [-0.2, 0) is 4.74 Å². The number of hydrogen-bond acceptors (Lipinski definition) is 3. The minimum Gasteiger partial charge on any atom is -0.465 e. The van der Waals surface area contributed by atoms with E-state index in [1.165, 1.54) is 13.5 Å². The fourth-order valence-corrected chi connectivity index (χ4v) is 2.15. The fraction of sp³-hybridized carbons (Fsp3) is 0.429. The third-order valence-electron chi connectivity index (χ3n) is 3.20. The molecule has 1 heterocycles. The second-order valence-electron chi connectivity index (χ2n) is 4.42. The van der Waals surface area contributed by atoms with E-state index in [4.69, 9.17) is 0 Å². The molecule has 1 amide bonds. The van der Waals surface area contributed by atoms with Crippen molar-refractivity contribution in [1.29, 1.82) is 0 Å². The van der Waals surface area contributed by atoms with E-state index in [1.807, 2.05) is 4.90 Å². The number of benzene rings is 1. The van der Waals surface area contributed by atoms with Crippen molar-refractivity contribution in [2.75, 3.05) is 20.2 Å². The number of rotatable bonds is 2. The molecule has 2 rings (SSSR count). The highest BCUT2D eigenvalue weighted by Crippen LogP contribution is 2.14. The Morgan fingerprint density at radius 2 is 1.56 bits per heavy atom. The van der Waals surface area contributed by atoms with Crippen LogP contribution in [0.25, 0.3) is 0 Å². The molecule has 0 aliphatic carbocycles. The van der Waals surface area contributed by atoms with Crippen LogP contribution in [0.4, 0.5) is 0 Å². The van der Waals surface area contributed by atoms with Gasteiger partial charge < -0.3 is 9.64 Å². The fourth-order valence-electron chi connectivity index (χ4n) is 2.15. The van der Waals surface area contributed by atoms with Gasteiger partial charge in [-0.3, -0.25) is 4.79 Å². The van der Waals surface area contributed by atoms with Crippen LogP contribution in [0.1, 0.15) is 40.0 Å². The number of carbonyl (C=O) groups is 2. The van der Waals surface area contributed by atoms with E-state index in [0.717, 1.165) is 25.9 Å². The van der Waals surface area contributed by atoms with Gasteiger partial charge in [-0.1, -0.05) is 0 Å². The predicted molar refractivity (Wildman–Crippen MR) is 67.5 cm³/mol. The van der Waals surface area contributed by atoms with E-state index in [2.05, 4.69) is 4.74 Å². The van der Waals surface area contributed by atoms with Crippen molar-refractivity contribution >= 4 is 11.9 Å². The van der Waals surface area contributed by atoms with Crippen molar-refractivity contribution in [3.05, 3.63) is 35.4 Å². The molecule has 96 valence electrons. The SMILES string of the molecule is COC(=O)c1ccc(C(=O)N2CCCCC2)cc1. The zero-order chi connectivity index (χ0) is 13.0. The lowest BCUT2D eigenvalue weighted by molar-refractivity contribution is 0.0599. The number of esters is 1. The summed E-state index contributed by atoms with van der Waals surface area (Å²) >= 11 is 0. The molecule has 0 bridgehead atoms. The largest absolute Gasteiger partial charge is 0.465 e. The monoisotopic (exact) mass is 247 g/mol. The number of amides is 1. The predicted octanol–water partition coefficient (Wildman–Crippen LogP) is 2.10. The quantitative estimate of drug-likeness (QED) is 0.752. The summed E-state index contributed by atoms with van der Waals surface area (Å²) in [5.41, 5.74) is 1.09.